The summed E-state index contributed by atoms with van der Waals surface area (Å²) in [5.74, 6) is -0.0492. The number of fused-ring (bicyclic) bond motifs is 1. The first-order valence-corrected chi connectivity index (χ1v) is 5.85. The predicted octanol–water partition coefficient (Wildman–Crippen LogP) is 2.58. The molecule has 1 aliphatic heterocycles. The van der Waals surface area contributed by atoms with E-state index in [2.05, 4.69) is 5.11 Å². The van der Waals surface area contributed by atoms with Gasteiger partial charge in [0.15, 0.2) is 0 Å². The molecule has 0 fully saturated rings. The van der Waals surface area contributed by atoms with Crippen LogP contribution in [0.1, 0.15) is 25.0 Å². The van der Waals surface area contributed by atoms with Crippen LogP contribution in [0.5, 0.6) is 0 Å². The van der Waals surface area contributed by atoms with Gasteiger partial charge in [-0.2, -0.15) is 0 Å². The van der Waals surface area contributed by atoms with Crippen molar-refractivity contribution in [3.05, 3.63) is 40.9 Å². The quantitative estimate of drug-likeness (QED) is 0.720. The normalized spacial score (nSPS) is 19.0. The Labute approximate surface area is 101 Å². The maximum absolute atomic E-state index is 12.0. The van der Waals surface area contributed by atoms with Crippen molar-refractivity contribution in [2.24, 2.45) is 11.0 Å². The first-order valence-electron chi connectivity index (χ1n) is 5.85. The Morgan fingerprint density at radius 3 is 2.65 bits per heavy atom. The summed E-state index contributed by atoms with van der Waals surface area (Å²) in [4.78, 5) is 13.7. The molecule has 1 amide bonds. The number of rotatable bonds is 2. The zero-order valence-corrected chi connectivity index (χ0v) is 10.1. The summed E-state index contributed by atoms with van der Waals surface area (Å²) in [6.07, 6.45) is 0.144. The van der Waals surface area contributed by atoms with Crippen LogP contribution in [0.25, 0.3) is 5.53 Å². The molecule has 1 aromatic rings. The minimum atomic E-state index is -0.445. The van der Waals surface area contributed by atoms with Gasteiger partial charge in [0.2, 0.25) is 5.91 Å². The van der Waals surface area contributed by atoms with Crippen LogP contribution in [0.15, 0.2) is 29.4 Å². The molecule has 0 saturated carbocycles. The van der Waals surface area contributed by atoms with Gasteiger partial charge in [-0.15, -0.1) is 0 Å². The van der Waals surface area contributed by atoms with Crippen LogP contribution in [-0.2, 0) is 17.8 Å². The minimum Gasteiger partial charge on any atom is -0.710 e. The second-order valence-electron chi connectivity index (χ2n) is 4.69. The molecule has 1 unspecified atom stereocenters. The summed E-state index contributed by atoms with van der Waals surface area (Å²) in [5.41, 5.74) is 11.3. The highest BCUT2D eigenvalue weighted by molar-refractivity contribution is 5.78. The Bertz CT molecular complexity index is 442. The lowest BCUT2D eigenvalue weighted by molar-refractivity contribution is -0.137. The summed E-state index contributed by atoms with van der Waals surface area (Å²) in [7, 11) is 0. The molecule has 1 aliphatic rings. The average molecular weight is 230 g/mol. The number of nitrogens with zero attached hydrogens (tertiary/aromatic N) is 3. The SMILES string of the molecule is CC(C)C(=O)N1Cc2ccccc2CC1N=[N-]. The Morgan fingerprint density at radius 1 is 1.41 bits per heavy atom. The third-order valence-corrected chi connectivity index (χ3v) is 3.13. The van der Waals surface area contributed by atoms with Crippen LogP contribution < -0.4 is 0 Å². The summed E-state index contributed by atoms with van der Waals surface area (Å²) >= 11 is 0. The van der Waals surface area contributed by atoms with E-state index in [0.29, 0.717) is 13.0 Å². The summed E-state index contributed by atoms with van der Waals surface area (Å²) in [6, 6.07) is 7.97. The lowest BCUT2D eigenvalue weighted by Crippen LogP contribution is -2.44. The minimum absolute atomic E-state index is 0.0299. The van der Waals surface area contributed by atoms with Gasteiger partial charge < -0.3 is 15.5 Å². The van der Waals surface area contributed by atoms with Gasteiger partial charge in [-0.3, -0.25) is 4.79 Å². The van der Waals surface area contributed by atoms with Crippen molar-refractivity contribution in [2.75, 3.05) is 0 Å². The second-order valence-corrected chi connectivity index (χ2v) is 4.69. The molecule has 1 aromatic carbocycles. The molecule has 0 spiro atoms. The van der Waals surface area contributed by atoms with Crippen LogP contribution in [-0.4, -0.2) is 17.0 Å². The van der Waals surface area contributed by atoms with Crippen LogP contribution in [0.2, 0.25) is 0 Å². The fraction of sp³-hybridized carbons (Fsp3) is 0.462. The van der Waals surface area contributed by atoms with Crippen LogP contribution in [0.3, 0.4) is 0 Å². The first-order chi connectivity index (χ1) is 8.13. The van der Waals surface area contributed by atoms with E-state index in [1.807, 2.05) is 38.1 Å². The van der Waals surface area contributed by atoms with E-state index in [9.17, 15) is 4.79 Å². The molecule has 0 saturated heterocycles. The molecule has 2 rings (SSSR count). The molecule has 0 N–H and O–H groups in total. The standard InChI is InChI=1S/C13H16N3O/c1-9(2)13(17)16-8-11-6-4-3-5-10(11)7-12(16)15-14/h3-6,9,12H,7-8H2,1-2H3/q-1. The van der Waals surface area contributed by atoms with Crippen molar-refractivity contribution >= 4 is 5.91 Å². The van der Waals surface area contributed by atoms with Crippen molar-refractivity contribution < 1.29 is 4.79 Å². The number of benzene rings is 1. The van der Waals surface area contributed by atoms with Crippen molar-refractivity contribution in [3.8, 4) is 0 Å². The molecule has 0 aromatic heterocycles. The number of carbonyl (C=O) groups is 1. The predicted molar refractivity (Wildman–Crippen MR) is 65.1 cm³/mol. The van der Waals surface area contributed by atoms with Gasteiger partial charge in [0.1, 0.15) is 6.17 Å². The Hall–Kier alpha value is -1.71. The van der Waals surface area contributed by atoms with Gasteiger partial charge in [-0.1, -0.05) is 38.1 Å². The van der Waals surface area contributed by atoms with Crippen molar-refractivity contribution in [3.63, 3.8) is 0 Å². The third-order valence-electron chi connectivity index (χ3n) is 3.13. The molecule has 0 bridgehead atoms. The fourth-order valence-electron chi connectivity index (χ4n) is 2.17. The van der Waals surface area contributed by atoms with Crippen molar-refractivity contribution in [1.82, 2.24) is 4.90 Å². The second kappa shape index (κ2) is 4.65. The van der Waals surface area contributed by atoms with E-state index in [0.717, 1.165) is 11.1 Å². The molecule has 90 valence electrons. The lowest BCUT2D eigenvalue weighted by Gasteiger charge is -2.37. The molecular formula is C13H16N3O-. The monoisotopic (exact) mass is 230 g/mol. The summed E-state index contributed by atoms with van der Waals surface area (Å²) < 4.78 is 0. The average Bonchev–Trinajstić information content (AvgIpc) is 2.36. The zero-order valence-electron chi connectivity index (χ0n) is 10.1. The van der Waals surface area contributed by atoms with Crippen LogP contribution in [0.4, 0.5) is 0 Å². The van der Waals surface area contributed by atoms with E-state index >= 15 is 0 Å². The van der Waals surface area contributed by atoms with E-state index < -0.39 is 6.17 Å². The number of hydrogen-bond donors (Lipinski definition) is 0. The number of hydrogen-bond acceptors (Lipinski definition) is 2. The topological polar surface area (TPSA) is 55.0 Å². The third kappa shape index (κ3) is 2.20. The molecule has 1 atom stereocenters. The van der Waals surface area contributed by atoms with Crippen LogP contribution >= 0.6 is 0 Å². The fourth-order valence-corrected chi connectivity index (χ4v) is 2.17. The molecule has 4 heteroatoms. The number of carbonyl (C=O) groups excluding carboxylic acids is 1. The molecule has 0 radical (unpaired) electrons. The molecule has 4 nitrogen and oxygen atoms in total. The maximum Gasteiger partial charge on any atom is 0.227 e. The molecule has 0 aliphatic carbocycles. The van der Waals surface area contributed by atoms with E-state index in [-0.39, 0.29) is 11.8 Å². The van der Waals surface area contributed by atoms with Gasteiger partial charge in [0.05, 0.1) is 0 Å². The Kier molecular flexibility index (Phi) is 3.22. The summed E-state index contributed by atoms with van der Waals surface area (Å²) in [5, 5.41) is 3.34. The summed E-state index contributed by atoms with van der Waals surface area (Å²) in [6.45, 7) is 4.25. The van der Waals surface area contributed by atoms with E-state index in [1.165, 1.54) is 0 Å². The molecular weight excluding hydrogens is 214 g/mol. The van der Waals surface area contributed by atoms with E-state index in [1.54, 1.807) is 4.90 Å². The highest BCUT2D eigenvalue weighted by atomic mass is 16.2. The highest BCUT2D eigenvalue weighted by Crippen LogP contribution is 2.25. The van der Waals surface area contributed by atoms with Gasteiger partial charge >= 0.3 is 0 Å². The first kappa shape index (κ1) is 11.8. The molecule has 1 heterocycles. The highest BCUT2D eigenvalue weighted by Gasteiger charge is 2.28. The Balaban J connectivity index is 2.30. The van der Waals surface area contributed by atoms with Crippen molar-refractivity contribution in [1.29, 1.82) is 0 Å². The lowest BCUT2D eigenvalue weighted by atomic mass is 9.97. The van der Waals surface area contributed by atoms with Gasteiger partial charge in [-0.25, -0.2) is 0 Å². The van der Waals surface area contributed by atoms with Gasteiger partial charge in [0, 0.05) is 18.9 Å². The zero-order chi connectivity index (χ0) is 12.4. The Morgan fingerprint density at radius 2 is 2.06 bits per heavy atom. The van der Waals surface area contributed by atoms with Gasteiger partial charge in [-0.05, 0) is 11.1 Å². The van der Waals surface area contributed by atoms with Gasteiger partial charge in [0.25, 0.3) is 0 Å². The van der Waals surface area contributed by atoms with Crippen molar-refractivity contribution in [2.45, 2.75) is 33.0 Å². The van der Waals surface area contributed by atoms with E-state index in [4.69, 9.17) is 5.53 Å². The van der Waals surface area contributed by atoms with Crippen LogP contribution in [0, 0.1) is 5.92 Å². The largest absolute Gasteiger partial charge is 0.710 e. The molecule has 17 heavy (non-hydrogen) atoms. The maximum atomic E-state index is 12.0. The number of amides is 1. The smallest absolute Gasteiger partial charge is 0.227 e.